The minimum absolute atomic E-state index is 0.719. The van der Waals surface area contributed by atoms with E-state index in [0.29, 0.717) is 0 Å². The zero-order valence-electron chi connectivity index (χ0n) is 8.82. The number of nitrogens with one attached hydrogen (secondary N) is 1. The van der Waals surface area contributed by atoms with Crippen LogP contribution in [0.2, 0.25) is 0 Å². The van der Waals surface area contributed by atoms with E-state index in [1.54, 1.807) is 0 Å². The Labute approximate surface area is 77.2 Å². The molecule has 0 fully saturated rings. The lowest BCUT2D eigenvalue weighted by Gasteiger charge is -2.10. The van der Waals surface area contributed by atoms with Gasteiger partial charge in [0.15, 0.2) is 0 Å². The van der Waals surface area contributed by atoms with Crippen molar-refractivity contribution < 1.29 is 0 Å². The molecule has 0 aliphatic rings. The first-order valence-corrected chi connectivity index (χ1v) is 5.08. The molecule has 72 valence electrons. The normalized spacial score (nSPS) is 10.3. The van der Waals surface area contributed by atoms with Crippen molar-refractivity contribution >= 4 is 0 Å². The largest absolute Gasteiger partial charge is 0.389 e. The summed E-state index contributed by atoms with van der Waals surface area (Å²) in [7, 11) is 0. The maximum Gasteiger partial charge on any atom is 0.0143 e. The molecule has 0 saturated heterocycles. The first-order chi connectivity index (χ1) is 5.66. The number of hydrogen-bond acceptors (Lipinski definition) is 1. The highest BCUT2D eigenvalue weighted by Gasteiger charge is 1.96. The smallest absolute Gasteiger partial charge is 0.0143 e. The summed E-state index contributed by atoms with van der Waals surface area (Å²) >= 11 is 0. The minimum atomic E-state index is 0.719. The second kappa shape index (κ2) is 7.20. The highest BCUT2D eigenvalue weighted by atomic mass is 14.9. The van der Waals surface area contributed by atoms with Gasteiger partial charge < -0.3 is 5.32 Å². The van der Waals surface area contributed by atoms with E-state index in [1.807, 2.05) is 0 Å². The average Bonchev–Trinajstić information content (AvgIpc) is 1.97. The van der Waals surface area contributed by atoms with Gasteiger partial charge in [0.25, 0.3) is 0 Å². The molecule has 0 aliphatic carbocycles. The lowest BCUT2D eigenvalue weighted by Crippen LogP contribution is -2.15. The number of rotatable bonds is 7. The van der Waals surface area contributed by atoms with Gasteiger partial charge in [0.2, 0.25) is 0 Å². The molecule has 12 heavy (non-hydrogen) atoms. The standard InChI is InChI=1S/C11H23N/c1-5-6-7-8-12-11(4)9-10(2)3/h10,12H,4-9H2,1-3H3. The molecule has 1 N–H and O–H groups in total. The highest BCUT2D eigenvalue weighted by molar-refractivity contribution is 4.91. The Bertz CT molecular complexity index is 116. The Hall–Kier alpha value is -0.460. The summed E-state index contributed by atoms with van der Waals surface area (Å²) in [4.78, 5) is 0. The predicted octanol–water partition coefficient (Wildman–Crippen LogP) is 3.33. The van der Waals surface area contributed by atoms with E-state index >= 15 is 0 Å². The molecule has 1 nitrogen and oxygen atoms in total. The third kappa shape index (κ3) is 7.64. The topological polar surface area (TPSA) is 12.0 Å². The monoisotopic (exact) mass is 169 g/mol. The zero-order valence-corrected chi connectivity index (χ0v) is 8.82. The molecule has 0 aromatic rings. The van der Waals surface area contributed by atoms with Crippen molar-refractivity contribution in [2.75, 3.05) is 6.54 Å². The van der Waals surface area contributed by atoms with E-state index in [9.17, 15) is 0 Å². The average molecular weight is 169 g/mol. The molecule has 0 radical (unpaired) electrons. The Morgan fingerprint density at radius 1 is 1.33 bits per heavy atom. The Morgan fingerprint density at radius 3 is 2.50 bits per heavy atom. The van der Waals surface area contributed by atoms with Crippen LogP contribution in [-0.2, 0) is 0 Å². The van der Waals surface area contributed by atoms with E-state index in [4.69, 9.17) is 0 Å². The van der Waals surface area contributed by atoms with Gasteiger partial charge in [-0.15, -0.1) is 0 Å². The molecule has 0 bridgehead atoms. The van der Waals surface area contributed by atoms with Crippen LogP contribution in [0.15, 0.2) is 12.3 Å². The molecule has 0 unspecified atom stereocenters. The molecule has 0 aromatic carbocycles. The van der Waals surface area contributed by atoms with Crippen molar-refractivity contribution in [2.45, 2.75) is 46.5 Å². The summed E-state index contributed by atoms with van der Waals surface area (Å²) in [6.07, 6.45) is 4.99. The molecule has 0 spiro atoms. The van der Waals surface area contributed by atoms with Crippen molar-refractivity contribution in [3.8, 4) is 0 Å². The molecule has 0 aliphatic heterocycles. The SMILES string of the molecule is C=C(CC(C)C)NCCCCC. The van der Waals surface area contributed by atoms with Crippen LogP contribution >= 0.6 is 0 Å². The molecule has 0 saturated carbocycles. The number of allylic oxidation sites excluding steroid dienone is 1. The maximum atomic E-state index is 3.98. The summed E-state index contributed by atoms with van der Waals surface area (Å²) in [5, 5.41) is 3.35. The predicted molar refractivity (Wildman–Crippen MR) is 56.1 cm³/mol. The lowest BCUT2D eigenvalue weighted by atomic mass is 10.1. The van der Waals surface area contributed by atoms with Crippen molar-refractivity contribution in [3.63, 3.8) is 0 Å². The minimum Gasteiger partial charge on any atom is -0.389 e. The molecule has 0 aromatic heterocycles. The van der Waals surface area contributed by atoms with Gasteiger partial charge >= 0.3 is 0 Å². The van der Waals surface area contributed by atoms with Gasteiger partial charge in [0.05, 0.1) is 0 Å². The van der Waals surface area contributed by atoms with E-state index in [-0.39, 0.29) is 0 Å². The van der Waals surface area contributed by atoms with E-state index in [2.05, 4.69) is 32.7 Å². The Balaban J connectivity index is 3.20. The fraction of sp³-hybridized carbons (Fsp3) is 0.818. The summed E-state index contributed by atoms with van der Waals surface area (Å²) in [5.74, 6) is 0.719. The molecule has 0 amide bonds. The van der Waals surface area contributed by atoms with Crippen molar-refractivity contribution in [2.24, 2.45) is 5.92 Å². The third-order valence-electron chi connectivity index (χ3n) is 1.81. The van der Waals surface area contributed by atoms with Gasteiger partial charge in [-0.2, -0.15) is 0 Å². The lowest BCUT2D eigenvalue weighted by molar-refractivity contribution is 0.587. The fourth-order valence-electron chi connectivity index (χ4n) is 1.21. The van der Waals surface area contributed by atoms with Crippen molar-refractivity contribution in [3.05, 3.63) is 12.3 Å². The van der Waals surface area contributed by atoms with E-state index in [1.165, 1.54) is 25.0 Å². The fourth-order valence-corrected chi connectivity index (χ4v) is 1.21. The first-order valence-electron chi connectivity index (χ1n) is 5.08. The molecule has 0 rings (SSSR count). The summed E-state index contributed by atoms with van der Waals surface area (Å²) in [6.45, 7) is 11.7. The van der Waals surface area contributed by atoms with E-state index < -0.39 is 0 Å². The summed E-state index contributed by atoms with van der Waals surface area (Å²) in [5.41, 5.74) is 1.20. The van der Waals surface area contributed by atoms with Crippen LogP contribution in [0.3, 0.4) is 0 Å². The maximum absolute atomic E-state index is 3.98. The van der Waals surface area contributed by atoms with Crippen LogP contribution in [-0.4, -0.2) is 6.54 Å². The summed E-state index contributed by atoms with van der Waals surface area (Å²) < 4.78 is 0. The molecule has 0 heterocycles. The van der Waals surface area contributed by atoms with Gasteiger partial charge in [-0.1, -0.05) is 40.2 Å². The van der Waals surface area contributed by atoms with Crippen LogP contribution in [0.5, 0.6) is 0 Å². The molecule has 1 heteroatoms. The molecular formula is C11H23N. The summed E-state index contributed by atoms with van der Waals surface area (Å²) in [6, 6.07) is 0. The van der Waals surface area contributed by atoms with Gasteiger partial charge in [0, 0.05) is 12.2 Å². The second-order valence-electron chi connectivity index (χ2n) is 3.84. The first kappa shape index (κ1) is 11.5. The quantitative estimate of drug-likeness (QED) is 0.576. The van der Waals surface area contributed by atoms with Crippen LogP contribution in [0.4, 0.5) is 0 Å². The van der Waals surface area contributed by atoms with Gasteiger partial charge in [0.1, 0.15) is 0 Å². The van der Waals surface area contributed by atoms with Gasteiger partial charge in [-0.05, 0) is 18.8 Å². The number of unbranched alkanes of at least 4 members (excludes halogenated alkanes) is 2. The van der Waals surface area contributed by atoms with Gasteiger partial charge in [-0.25, -0.2) is 0 Å². The van der Waals surface area contributed by atoms with Crippen molar-refractivity contribution in [1.29, 1.82) is 0 Å². The molecular weight excluding hydrogens is 146 g/mol. The van der Waals surface area contributed by atoms with Gasteiger partial charge in [-0.3, -0.25) is 0 Å². The van der Waals surface area contributed by atoms with Crippen LogP contribution in [0, 0.1) is 5.92 Å². The van der Waals surface area contributed by atoms with Crippen molar-refractivity contribution in [1.82, 2.24) is 5.32 Å². The zero-order chi connectivity index (χ0) is 9.40. The van der Waals surface area contributed by atoms with Crippen LogP contribution in [0.1, 0.15) is 46.5 Å². The number of hydrogen-bond donors (Lipinski definition) is 1. The Morgan fingerprint density at radius 2 is 2.00 bits per heavy atom. The van der Waals surface area contributed by atoms with Crippen LogP contribution < -0.4 is 5.32 Å². The third-order valence-corrected chi connectivity index (χ3v) is 1.81. The molecule has 0 atom stereocenters. The Kier molecular flexibility index (Phi) is 6.93. The van der Waals surface area contributed by atoms with E-state index in [0.717, 1.165) is 18.9 Å². The highest BCUT2D eigenvalue weighted by Crippen LogP contribution is 2.05. The second-order valence-corrected chi connectivity index (χ2v) is 3.84. The van der Waals surface area contributed by atoms with Crippen LogP contribution in [0.25, 0.3) is 0 Å².